The molecule has 0 radical (unpaired) electrons. The Labute approximate surface area is 147 Å². The molecule has 0 aliphatic rings. The van der Waals surface area contributed by atoms with Crippen molar-refractivity contribution in [2.24, 2.45) is 5.92 Å². The Hall–Kier alpha value is -1.13. The van der Waals surface area contributed by atoms with Gasteiger partial charge in [0.05, 0.1) is 0 Å². The van der Waals surface area contributed by atoms with E-state index in [2.05, 4.69) is 18.7 Å². The van der Waals surface area contributed by atoms with Crippen LogP contribution in [-0.4, -0.2) is 11.1 Å². The third kappa shape index (κ3) is 14.5. The van der Waals surface area contributed by atoms with E-state index >= 15 is 0 Å². The molecule has 5 heteroatoms. The highest BCUT2D eigenvalue weighted by Crippen LogP contribution is 2.20. The van der Waals surface area contributed by atoms with Gasteiger partial charge in [0.2, 0.25) is 0 Å². The van der Waals surface area contributed by atoms with Crippen molar-refractivity contribution in [3.05, 3.63) is 10.1 Å². The van der Waals surface area contributed by atoms with Gasteiger partial charge in [-0.2, -0.15) is 0 Å². The summed E-state index contributed by atoms with van der Waals surface area (Å²) in [5, 5.41) is 9.42. The van der Waals surface area contributed by atoms with Crippen molar-refractivity contribution in [1.82, 2.24) is 0 Å². The minimum absolute atomic E-state index is 0.308. The molecule has 0 fully saturated rings. The van der Waals surface area contributed by atoms with Crippen LogP contribution in [-0.2, 0) is 9.63 Å². The Kier molecular flexibility index (Phi) is 15.9. The number of nitrogens with zero attached hydrogens (tertiary/aromatic N) is 1. The van der Waals surface area contributed by atoms with Crippen molar-refractivity contribution in [2.45, 2.75) is 110 Å². The van der Waals surface area contributed by atoms with E-state index in [0.717, 1.165) is 32.1 Å². The van der Waals surface area contributed by atoms with Gasteiger partial charge in [-0.05, 0) is 12.8 Å². The fourth-order valence-electron chi connectivity index (χ4n) is 3.05. The zero-order valence-electron chi connectivity index (χ0n) is 15.8. The molecular weight excluding hydrogens is 306 g/mol. The summed E-state index contributed by atoms with van der Waals surface area (Å²) in [5.74, 6) is -0.962. The summed E-state index contributed by atoms with van der Waals surface area (Å²) in [6.45, 7) is 4.38. The monoisotopic (exact) mass is 343 g/mol. The molecule has 0 aromatic heterocycles. The largest absolute Gasteiger partial charge is 0.306 e. The number of hydrogen-bond acceptors (Lipinski definition) is 4. The van der Waals surface area contributed by atoms with Gasteiger partial charge in [-0.1, -0.05) is 97.3 Å². The van der Waals surface area contributed by atoms with Crippen LogP contribution < -0.4 is 0 Å². The molecule has 0 aromatic carbocycles. The molecule has 0 aromatic rings. The highest BCUT2D eigenvalue weighted by molar-refractivity contribution is 5.71. The first kappa shape index (κ1) is 22.9. The molecule has 0 rings (SSSR count). The van der Waals surface area contributed by atoms with Gasteiger partial charge in [-0.3, -0.25) is 4.79 Å². The number of hydrogen-bond donors (Lipinski definition) is 0. The molecular formula is C19H37NO4. The number of unbranched alkanes of at least 4 members (excludes halogenated alkanes) is 11. The summed E-state index contributed by atoms with van der Waals surface area (Å²) >= 11 is 0. The van der Waals surface area contributed by atoms with E-state index in [-0.39, 0.29) is 5.92 Å². The van der Waals surface area contributed by atoms with Crippen LogP contribution in [0.2, 0.25) is 0 Å². The summed E-state index contributed by atoms with van der Waals surface area (Å²) in [4.78, 5) is 26.4. The van der Waals surface area contributed by atoms with Gasteiger partial charge in [-0.25, -0.2) is 4.84 Å². The lowest BCUT2D eigenvalue weighted by Gasteiger charge is -2.14. The van der Waals surface area contributed by atoms with E-state index in [1.54, 1.807) is 0 Å². The van der Waals surface area contributed by atoms with Gasteiger partial charge >= 0.3 is 11.1 Å². The first-order chi connectivity index (χ1) is 11.6. The van der Waals surface area contributed by atoms with E-state index < -0.39 is 11.1 Å². The maximum Gasteiger partial charge on any atom is 0.306 e. The predicted molar refractivity (Wildman–Crippen MR) is 97.2 cm³/mol. The third-order valence-electron chi connectivity index (χ3n) is 4.56. The second-order valence-electron chi connectivity index (χ2n) is 6.80. The standard InChI is InChI=1S/C19H37NO4/c1-3-5-7-9-10-11-13-15-17-18(19(21)24-20(22)23)16-14-12-8-6-4-2/h18H,3-17H2,1-2H3. The van der Waals surface area contributed by atoms with Gasteiger partial charge in [0, 0.05) is 5.92 Å². The Morgan fingerprint density at radius 2 is 1.17 bits per heavy atom. The summed E-state index contributed by atoms with van der Waals surface area (Å²) in [6, 6.07) is 0. The van der Waals surface area contributed by atoms with Gasteiger partial charge in [0.15, 0.2) is 0 Å². The number of carbonyl (C=O) groups is 1. The van der Waals surface area contributed by atoms with Crippen molar-refractivity contribution in [2.75, 3.05) is 0 Å². The maximum atomic E-state index is 11.8. The maximum absolute atomic E-state index is 11.8. The summed E-state index contributed by atoms with van der Waals surface area (Å²) in [6.07, 6.45) is 16.7. The van der Waals surface area contributed by atoms with Crippen LogP contribution in [0.4, 0.5) is 0 Å². The Morgan fingerprint density at radius 3 is 1.54 bits per heavy atom. The molecule has 0 saturated carbocycles. The fraction of sp³-hybridized carbons (Fsp3) is 0.947. The highest BCUT2D eigenvalue weighted by atomic mass is 17.0. The molecule has 0 spiro atoms. The number of rotatable bonds is 17. The Morgan fingerprint density at radius 1 is 0.792 bits per heavy atom. The second kappa shape index (κ2) is 16.7. The van der Waals surface area contributed by atoms with Crippen LogP contribution in [0.5, 0.6) is 0 Å². The quantitative estimate of drug-likeness (QED) is 0.178. The van der Waals surface area contributed by atoms with Gasteiger partial charge in [0.25, 0.3) is 0 Å². The molecule has 5 nitrogen and oxygen atoms in total. The Balaban J connectivity index is 3.92. The average molecular weight is 344 g/mol. The van der Waals surface area contributed by atoms with Crippen LogP contribution >= 0.6 is 0 Å². The first-order valence-electron chi connectivity index (χ1n) is 9.98. The highest BCUT2D eigenvalue weighted by Gasteiger charge is 2.21. The first-order valence-corrected chi connectivity index (χ1v) is 9.98. The van der Waals surface area contributed by atoms with Crippen LogP contribution in [0.25, 0.3) is 0 Å². The van der Waals surface area contributed by atoms with Crippen molar-refractivity contribution >= 4 is 5.97 Å². The molecule has 24 heavy (non-hydrogen) atoms. The lowest BCUT2D eigenvalue weighted by molar-refractivity contribution is -0.730. The van der Waals surface area contributed by atoms with E-state index in [9.17, 15) is 14.9 Å². The summed E-state index contributed by atoms with van der Waals surface area (Å²) in [7, 11) is 0. The minimum atomic E-state index is -0.972. The smallest absolute Gasteiger partial charge is 0.268 e. The predicted octanol–water partition coefficient (Wildman–Crippen LogP) is 6.23. The lowest BCUT2D eigenvalue weighted by atomic mass is 9.94. The average Bonchev–Trinajstić information content (AvgIpc) is 2.54. The van der Waals surface area contributed by atoms with Crippen molar-refractivity contribution in [3.63, 3.8) is 0 Å². The molecule has 1 atom stereocenters. The van der Waals surface area contributed by atoms with E-state index in [1.807, 2.05) is 0 Å². The molecule has 142 valence electrons. The molecule has 0 N–H and O–H groups in total. The van der Waals surface area contributed by atoms with Crippen molar-refractivity contribution in [1.29, 1.82) is 0 Å². The Bertz CT molecular complexity index is 320. The van der Waals surface area contributed by atoms with Crippen LogP contribution in [0, 0.1) is 16.0 Å². The molecule has 0 saturated heterocycles. The van der Waals surface area contributed by atoms with Gasteiger partial charge in [-0.15, -0.1) is 10.1 Å². The van der Waals surface area contributed by atoms with E-state index in [0.29, 0.717) is 6.42 Å². The van der Waals surface area contributed by atoms with Crippen LogP contribution in [0.1, 0.15) is 110 Å². The van der Waals surface area contributed by atoms with Gasteiger partial charge < -0.3 is 0 Å². The zero-order chi connectivity index (χ0) is 18.0. The van der Waals surface area contributed by atoms with Crippen LogP contribution in [0.15, 0.2) is 0 Å². The fourth-order valence-corrected chi connectivity index (χ4v) is 3.05. The molecule has 0 amide bonds. The summed E-state index contributed by atoms with van der Waals surface area (Å²) in [5.41, 5.74) is 0. The SMILES string of the molecule is CCCCCCCCCCC(CCCCCCC)C(=O)O[N+](=O)[O-]. The van der Waals surface area contributed by atoms with Crippen molar-refractivity contribution in [3.8, 4) is 0 Å². The van der Waals surface area contributed by atoms with Gasteiger partial charge in [0.1, 0.15) is 0 Å². The van der Waals surface area contributed by atoms with Crippen LogP contribution in [0.3, 0.4) is 0 Å². The molecule has 0 aliphatic carbocycles. The van der Waals surface area contributed by atoms with E-state index in [4.69, 9.17) is 0 Å². The third-order valence-corrected chi connectivity index (χ3v) is 4.56. The molecule has 0 heterocycles. The molecule has 1 unspecified atom stereocenters. The topological polar surface area (TPSA) is 69.4 Å². The normalized spacial score (nSPS) is 12.1. The minimum Gasteiger partial charge on any atom is -0.268 e. The lowest BCUT2D eigenvalue weighted by Crippen LogP contribution is -2.21. The molecule has 0 bridgehead atoms. The number of carbonyl (C=O) groups excluding carboxylic acids is 1. The summed E-state index contributed by atoms with van der Waals surface area (Å²) < 4.78 is 0. The molecule has 0 aliphatic heterocycles. The van der Waals surface area contributed by atoms with E-state index in [1.165, 1.54) is 57.8 Å². The van der Waals surface area contributed by atoms with Crippen molar-refractivity contribution < 1.29 is 14.7 Å². The second-order valence-corrected chi connectivity index (χ2v) is 6.80. The zero-order valence-corrected chi connectivity index (χ0v) is 15.8.